The van der Waals surface area contributed by atoms with E-state index in [2.05, 4.69) is 17.3 Å². The van der Waals surface area contributed by atoms with Crippen LogP contribution in [0.25, 0.3) is 0 Å². The lowest BCUT2D eigenvalue weighted by Gasteiger charge is -2.42. The Kier molecular flexibility index (Phi) is 4.28. The van der Waals surface area contributed by atoms with Crippen LogP contribution < -0.4 is 11.1 Å². The Morgan fingerprint density at radius 2 is 2.17 bits per heavy atom. The van der Waals surface area contributed by atoms with E-state index in [0.717, 1.165) is 31.7 Å². The Hall–Kier alpha value is -0.610. The highest BCUT2D eigenvalue weighted by atomic mass is 16.1. The third kappa shape index (κ3) is 3.04. The predicted octanol–water partition coefficient (Wildman–Crippen LogP) is 1.10. The van der Waals surface area contributed by atoms with Gasteiger partial charge in [-0.15, -0.1) is 0 Å². The first-order valence-corrected chi connectivity index (χ1v) is 7.32. The Morgan fingerprint density at radius 1 is 1.44 bits per heavy atom. The van der Waals surface area contributed by atoms with Gasteiger partial charge in [-0.3, -0.25) is 4.79 Å². The minimum absolute atomic E-state index is 0.172. The number of nitrogens with two attached hydrogens (primary N) is 1. The number of carbonyl (C=O) groups excluding carboxylic acids is 1. The number of primary amides is 1. The lowest BCUT2D eigenvalue weighted by atomic mass is 9.77. The van der Waals surface area contributed by atoms with Gasteiger partial charge in [0, 0.05) is 12.6 Å². The van der Waals surface area contributed by atoms with Gasteiger partial charge in [0.15, 0.2) is 0 Å². The number of nitrogens with one attached hydrogen (secondary N) is 1. The Labute approximate surface area is 110 Å². The number of hydrogen-bond donors (Lipinski definition) is 2. The second-order valence-corrected chi connectivity index (χ2v) is 6.11. The molecule has 4 heteroatoms. The molecule has 0 aromatic carbocycles. The first-order valence-electron chi connectivity index (χ1n) is 7.32. The van der Waals surface area contributed by atoms with Crippen LogP contribution in [0.1, 0.15) is 45.4 Å². The summed E-state index contributed by atoms with van der Waals surface area (Å²) in [5.41, 5.74) is 5.18. The van der Waals surface area contributed by atoms with E-state index in [1.807, 2.05) is 6.92 Å². The first-order chi connectivity index (χ1) is 8.57. The number of amides is 1. The molecule has 0 spiro atoms. The molecule has 0 saturated heterocycles. The molecule has 0 heterocycles. The molecule has 2 rings (SSSR count). The van der Waals surface area contributed by atoms with Gasteiger partial charge in [-0.2, -0.15) is 0 Å². The molecule has 0 bridgehead atoms. The molecule has 2 aliphatic carbocycles. The van der Waals surface area contributed by atoms with E-state index in [1.54, 1.807) is 0 Å². The van der Waals surface area contributed by atoms with Crippen LogP contribution in [0.2, 0.25) is 0 Å². The Bertz CT molecular complexity index is 299. The molecule has 3 N–H and O–H groups in total. The number of nitrogens with zero attached hydrogens (tertiary/aromatic N) is 1. The van der Waals surface area contributed by atoms with Gasteiger partial charge in [0.05, 0.1) is 5.54 Å². The molecule has 0 aliphatic heterocycles. The highest BCUT2D eigenvalue weighted by molar-refractivity contribution is 5.84. The van der Waals surface area contributed by atoms with Crippen molar-refractivity contribution >= 4 is 5.91 Å². The third-order valence-corrected chi connectivity index (χ3v) is 4.58. The summed E-state index contributed by atoms with van der Waals surface area (Å²) in [6, 6.07) is 0.505. The summed E-state index contributed by atoms with van der Waals surface area (Å²) >= 11 is 0. The van der Waals surface area contributed by atoms with Crippen molar-refractivity contribution in [3.05, 3.63) is 0 Å². The quantitative estimate of drug-likeness (QED) is 0.745. The summed E-state index contributed by atoms with van der Waals surface area (Å²) in [7, 11) is 2.20. The fourth-order valence-corrected chi connectivity index (χ4v) is 3.29. The van der Waals surface area contributed by atoms with Crippen molar-refractivity contribution in [1.29, 1.82) is 0 Å². The van der Waals surface area contributed by atoms with E-state index in [4.69, 9.17) is 5.73 Å². The van der Waals surface area contributed by atoms with Gasteiger partial charge in [0.2, 0.25) is 5.91 Å². The average Bonchev–Trinajstić information content (AvgIpc) is 3.13. The normalized spacial score (nSPS) is 32.7. The average molecular weight is 253 g/mol. The lowest BCUT2D eigenvalue weighted by Crippen LogP contribution is -2.60. The monoisotopic (exact) mass is 253 g/mol. The first kappa shape index (κ1) is 13.8. The van der Waals surface area contributed by atoms with Crippen LogP contribution in [-0.4, -0.2) is 42.5 Å². The van der Waals surface area contributed by atoms with Crippen LogP contribution in [0.5, 0.6) is 0 Å². The van der Waals surface area contributed by atoms with Crippen LogP contribution >= 0.6 is 0 Å². The van der Waals surface area contributed by atoms with E-state index in [1.165, 1.54) is 25.8 Å². The van der Waals surface area contributed by atoms with E-state index in [0.29, 0.717) is 6.04 Å². The highest BCUT2D eigenvalue weighted by Crippen LogP contribution is 2.34. The maximum Gasteiger partial charge on any atom is 0.237 e. The summed E-state index contributed by atoms with van der Waals surface area (Å²) in [6.45, 7) is 4.04. The number of hydrogen-bond acceptors (Lipinski definition) is 3. The van der Waals surface area contributed by atoms with Gasteiger partial charge < -0.3 is 16.0 Å². The number of rotatable bonds is 6. The van der Waals surface area contributed by atoms with Gasteiger partial charge in [0.1, 0.15) is 0 Å². The largest absolute Gasteiger partial charge is 0.368 e. The highest BCUT2D eigenvalue weighted by Gasteiger charge is 2.42. The van der Waals surface area contributed by atoms with Gasteiger partial charge in [-0.05, 0) is 58.0 Å². The molecule has 18 heavy (non-hydrogen) atoms. The van der Waals surface area contributed by atoms with Crippen molar-refractivity contribution in [3.63, 3.8) is 0 Å². The zero-order chi connectivity index (χ0) is 13.2. The zero-order valence-corrected chi connectivity index (χ0v) is 11.7. The minimum atomic E-state index is -0.463. The molecule has 2 aliphatic rings. The Morgan fingerprint density at radius 3 is 2.72 bits per heavy atom. The molecule has 2 atom stereocenters. The Balaban J connectivity index is 1.98. The molecular weight excluding hydrogens is 226 g/mol. The molecule has 0 aromatic heterocycles. The number of likely N-dealkylation sites (N-methyl/N-ethyl adjacent to an activating group) is 1. The summed E-state index contributed by atoms with van der Waals surface area (Å²) in [4.78, 5) is 14.3. The summed E-state index contributed by atoms with van der Waals surface area (Å²) in [5.74, 6) is 0.730. The van der Waals surface area contributed by atoms with E-state index >= 15 is 0 Å². The minimum Gasteiger partial charge on any atom is -0.368 e. The molecule has 1 amide bonds. The van der Waals surface area contributed by atoms with Crippen molar-refractivity contribution in [2.45, 2.75) is 57.0 Å². The second-order valence-electron chi connectivity index (χ2n) is 6.11. The molecule has 2 fully saturated rings. The van der Waals surface area contributed by atoms with Crippen molar-refractivity contribution in [3.8, 4) is 0 Å². The van der Waals surface area contributed by atoms with Crippen molar-refractivity contribution < 1.29 is 4.79 Å². The van der Waals surface area contributed by atoms with Crippen molar-refractivity contribution in [2.24, 2.45) is 11.7 Å². The summed E-state index contributed by atoms with van der Waals surface area (Å²) < 4.78 is 0. The van der Waals surface area contributed by atoms with E-state index in [9.17, 15) is 4.79 Å². The van der Waals surface area contributed by atoms with E-state index < -0.39 is 5.54 Å². The molecule has 0 radical (unpaired) electrons. The van der Waals surface area contributed by atoms with Crippen LogP contribution in [-0.2, 0) is 4.79 Å². The van der Waals surface area contributed by atoms with Crippen molar-refractivity contribution in [2.75, 3.05) is 20.1 Å². The van der Waals surface area contributed by atoms with Gasteiger partial charge >= 0.3 is 0 Å². The fourth-order valence-electron chi connectivity index (χ4n) is 3.29. The molecule has 4 nitrogen and oxygen atoms in total. The molecule has 2 saturated carbocycles. The second kappa shape index (κ2) is 5.57. The van der Waals surface area contributed by atoms with Crippen LogP contribution in [0.4, 0.5) is 0 Å². The van der Waals surface area contributed by atoms with Gasteiger partial charge in [-0.25, -0.2) is 0 Å². The van der Waals surface area contributed by atoms with Crippen LogP contribution in [0.15, 0.2) is 0 Å². The third-order valence-electron chi connectivity index (χ3n) is 4.58. The fraction of sp³-hybridized carbons (Fsp3) is 0.929. The summed E-state index contributed by atoms with van der Waals surface area (Å²) in [6.07, 6.45) is 6.82. The molecule has 2 unspecified atom stereocenters. The molecule has 104 valence electrons. The predicted molar refractivity (Wildman–Crippen MR) is 73.2 cm³/mol. The molecule has 0 aromatic rings. The molecular formula is C14H27N3O. The topological polar surface area (TPSA) is 58.4 Å². The standard InChI is InChI=1S/C14H27N3O/c1-3-16-14(13(15)18)8-4-5-12(9-14)17(2)10-11-6-7-11/h11-12,16H,3-10H2,1-2H3,(H2,15,18). The maximum atomic E-state index is 11.8. The smallest absolute Gasteiger partial charge is 0.237 e. The van der Waals surface area contributed by atoms with Gasteiger partial charge in [0.25, 0.3) is 0 Å². The maximum absolute atomic E-state index is 11.8. The number of carbonyl (C=O) groups is 1. The summed E-state index contributed by atoms with van der Waals surface area (Å²) in [5, 5.41) is 3.35. The van der Waals surface area contributed by atoms with Crippen LogP contribution in [0, 0.1) is 5.92 Å². The zero-order valence-electron chi connectivity index (χ0n) is 11.7. The van der Waals surface area contributed by atoms with Gasteiger partial charge in [-0.1, -0.05) is 6.92 Å². The van der Waals surface area contributed by atoms with E-state index in [-0.39, 0.29) is 5.91 Å². The van der Waals surface area contributed by atoms with Crippen molar-refractivity contribution in [1.82, 2.24) is 10.2 Å². The van der Waals surface area contributed by atoms with Crippen LogP contribution in [0.3, 0.4) is 0 Å². The SMILES string of the molecule is CCNC1(C(N)=O)CCCC(N(C)CC2CC2)C1. The lowest BCUT2D eigenvalue weighted by molar-refractivity contribution is -0.126.